The zero-order chi connectivity index (χ0) is 8.69. The average molecular weight is 154 g/mol. The quantitative estimate of drug-likeness (QED) is 0.556. The van der Waals surface area contributed by atoms with Crippen molar-refractivity contribution < 1.29 is 4.79 Å². The first-order valence-corrected chi connectivity index (χ1v) is 4.37. The second-order valence-corrected chi connectivity index (χ2v) is 3.17. The van der Waals surface area contributed by atoms with Gasteiger partial charge in [-0.3, -0.25) is 4.79 Å². The van der Waals surface area contributed by atoms with Crippen molar-refractivity contribution in [2.45, 2.75) is 40.0 Å². The van der Waals surface area contributed by atoms with E-state index in [1.807, 2.05) is 6.08 Å². The van der Waals surface area contributed by atoms with Gasteiger partial charge in [0, 0.05) is 6.42 Å². The number of unbranched alkanes of at least 4 members (excludes halogenated alkanes) is 1. The summed E-state index contributed by atoms with van der Waals surface area (Å²) in [6, 6.07) is 0. The molecule has 0 saturated heterocycles. The van der Waals surface area contributed by atoms with E-state index in [-0.39, 0.29) is 5.78 Å². The highest BCUT2D eigenvalue weighted by atomic mass is 16.1. The van der Waals surface area contributed by atoms with Crippen LogP contribution in [0.4, 0.5) is 0 Å². The van der Waals surface area contributed by atoms with Gasteiger partial charge in [-0.2, -0.15) is 0 Å². The molecule has 0 amide bonds. The summed E-state index contributed by atoms with van der Waals surface area (Å²) in [7, 11) is 0. The van der Waals surface area contributed by atoms with Crippen molar-refractivity contribution in [3.05, 3.63) is 12.2 Å². The standard InChI is InChI=1S/C10H18O/c1-4-5-6-10(11)8-7-9(2)3/h7-9H,4-6H2,1-3H3. The van der Waals surface area contributed by atoms with Crippen LogP contribution in [0.3, 0.4) is 0 Å². The molecule has 11 heavy (non-hydrogen) atoms. The molecule has 0 rings (SSSR count). The SMILES string of the molecule is CCCCC(=O)C=CC(C)C. The molecular weight excluding hydrogens is 136 g/mol. The molecule has 0 radical (unpaired) electrons. The van der Waals surface area contributed by atoms with Crippen LogP contribution in [-0.4, -0.2) is 5.78 Å². The van der Waals surface area contributed by atoms with Crippen LogP contribution in [-0.2, 0) is 4.79 Å². The number of carbonyl (C=O) groups excluding carboxylic acids is 1. The van der Waals surface area contributed by atoms with Crippen molar-refractivity contribution in [2.75, 3.05) is 0 Å². The first-order chi connectivity index (χ1) is 5.16. The molecule has 64 valence electrons. The van der Waals surface area contributed by atoms with Crippen molar-refractivity contribution >= 4 is 5.78 Å². The lowest BCUT2D eigenvalue weighted by molar-refractivity contribution is -0.114. The van der Waals surface area contributed by atoms with Gasteiger partial charge in [-0.15, -0.1) is 0 Å². The lowest BCUT2D eigenvalue weighted by Gasteiger charge is -1.94. The Morgan fingerprint density at radius 2 is 2.09 bits per heavy atom. The molecule has 1 nitrogen and oxygen atoms in total. The molecule has 0 heterocycles. The Morgan fingerprint density at radius 3 is 2.55 bits per heavy atom. The fourth-order valence-electron chi connectivity index (χ4n) is 0.734. The second kappa shape index (κ2) is 6.14. The molecule has 1 heteroatoms. The fourth-order valence-corrected chi connectivity index (χ4v) is 0.734. The molecule has 0 saturated carbocycles. The molecule has 0 bridgehead atoms. The number of hydrogen-bond acceptors (Lipinski definition) is 1. The van der Waals surface area contributed by atoms with Crippen LogP contribution >= 0.6 is 0 Å². The predicted octanol–water partition coefficient (Wildman–Crippen LogP) is 2.96. The minimum Gasteiger partial charge on any atom is -0.295 e. The Hall–Kier alpha value is -0.590. The molecule has 0 aliphatic rings. The summed E-state index contributed by atoms with van der Waals surface area (Å²) in [5.74, 6) is 0.751. The monoisotopic (exact) mass is 154 g/mol. The van der Waals surface area contributed by atoms with Gasteiger partial charge in [0.15, 0.2) is 5.78 Å². The van der Waals surface area contributed by atoms with Gasteiger partial charge in [-0.25, -0.2) is 0 Å². The number of carbonyl (C=O) groups is 1. The van der Waals surface area contributed by atoms with Crippen LogP contribution in [0.15, 0.2) is 12.2 Å². The third kappa shape index (κ3) is 7.31. The molecule has 0 aromatic rings. The van der Waals surface area contributed by atoms with Gasteiger partial charge in [0.05, 0.1) is 0 Å². The number of rotatable bonds is 5. The van der Waals surface area contributed by atoms with Crippen LogP contribution < -0.4 is 0 Å². The summed E-state index contributed by atoms with van der Waals surface area (Å²) in [5, 5.41) is 0. The van der Waals surface area contributed by atoms with Crippen LogP contribution in [0.5, 0.6) is 0 Å². The Labute approximate surface area is 69.5 Å². The maximum Gasteiger partial charge on any atom is 0.155 e. The Balaban J connectivity index is 3.51. The fraction of sp³-hybridized carbons (Fsp3) is 0.700. The zero-order valence-corrected chi connectivity index (χ0v) is 7.76. The van der Waals surface area contributed by atoms with Gasteiger partial charge in [0.1, 0.15) is 0 Å². The van der Waals surface area contributed by atoms with E-state index in [1.165, 1.54) is 0 Å². The van der Waals surface area contributed by atoms with Gasteiger partial charge < -0.3 is 0 Å². The highest BCUT2D eigenvalue weighted by Crippen LogP contribution is 1.99. The summed E-state index contributed by atoms with van der Waals surface area (Å²) in [6.07, 6.45) is 6.49. The average Bonchev–Trinajstić information content (AvgIpc) is 1.97. The van der Waals surface area contributed by atoms with Gasteiger partial charge in [-0.05, 0) is 18.4 Å². The number of ketones is 1. The molecule has 0 unspecified atom stereocenters. The molecule has 0 aromatic heterocycles. The summed E-state index contributed by atoms with van der Waals surface area (Å²) >= 11 is 0. The Bertz CT molecular complexity index is 134. The van der Waals surface area contributed by atoms with Crippen molar-refractivity contribution in [1.29, 1.82) is 0 Å². The normalized spacial score (nSPS) is 11.3. The molecule has 0 spiro atoms. The van der Waals surface area contributed by atoms with Crippen molar-refractivity contribution in [1.82, 2.24) is 0 Å². The van der Waals surface area contributed by atoms with Crippen LogP contribution in [0.2, 0.25) is 0 Å². The minimum atomic E-state index is 0.264. The van der Waals surface area contributed by atoms with E-state index in [2.05, 4.69) is 20.8 Å². The van der Waals surface area contributed by atoms with E-state index in [0.29, 0.717) is 12.3 Å². The Kier molecular flexibility index (Phi) is 5.81. The topological polar surface area (TPSA) is 17.1 Å². The summed E-state index contributed by atoms with van der Waals surface area (Å²) < 4.78 is 0. The molecule has 0 aliphatic carbocycles. The molecular formula is C10H18O. The molecule has 0 N–H and O–H groups in total. The lowest BCUT2D eigenvalue weighted by atomic mass is 10.1. The van der Waals surface area contributed by atoms with Crippen LogP contribution in [0.1, 0.15) is 40.0 Å². The van der Waals surface area contributed by atoms with Crippen molar-refractivity contribution in [3.8, 4) is 0 Å². The maximum absolute atomic E-state index is 11.0. The van der Waals surface area contributed by atoms with E-state index >= 15 is 0 Å². The molecule has 0 fully saturated rings. The number of hydrogen-bond donors (Lipinski definition) is 0. The third-order valence-corrected chi connectivity index (χ3v) is 1.44. The van der Waals surface area contributed by atoms with Gasteiger partial charge >= 0.3 is 0 Å². The highest BCUT2D eigenvalue weighted by molar-refractivity contribution is 5.89. The predicted molar refractivity (Wildman–Crippen MR) is 48.5 cm³/mol. The minimum absolute atomic E-state index is 0.264. The second-order valence-electron chi connectivity index (χ2n) is 3.17. The summed E-state index contributed by atoms with van der Waals surface area (Å²) in [5.41, 5.74) is 0. The van der Waals surface area contributed by atoms with Crippen LogP contribution in [0, 0.1) is 5.92 Å². The van der Waals surface area contributed by atoms with Gasteiger partial charge in [0.2, 0.25) is 0 Å². The maximum atomic E-state index is 11.0. The van der Waals surface area contributed by atoms with Crippen LogP contribution in [0.25, 0.3) is 0 Å². The lowest BCUT2D eigenvalue weighted by Crippen LogP contribution is -1.92. The zero-order valence-electron chi connectivity index (χ0n) is 7.76. The summed E-state index contributed by atoms with van der Waals surface area (Å²) in [4.78, 5) is 11.0. The smallest absolute Gasteiger partial charge is 0.155 e. The van der Waals surface area contributed by atoms with Gasteiger partial charge in [0.25, 0.3) is 0 Å². The molecule has 0 aliphatic heterocycles. The number of allylic oxidation sites excluding steroid dienone is 2. The molecule has 0 atom stereocenters. The van der Waals surface area contributed by atoms with E-state index in [4.69, 9.17) is 0 Å². The van der Waals surface area contributed by atoms with E-state index in [1.54, 1.807) is 6.08 Å². The van der Waals surface area contributed by atoms with E-state index < -0.39 is 0 Å². The van der Waals surface area contributed by atoms with E-state index in [9.17, 15) is 4.79 Å². The first-order valence-electron chi connectivity index (χ1n) is 4.37. The third-order valence-electron chi connectivity index (χ3n) is 1.44. The van der Waals surface area contributed by atoms with Gasteiger partial charge in [-0.1, -0.05) is 33.3 Å². The largest absolute Gasteiger partial charge is 0.295 e. The summed E-state index contributed by atoms with van der Waals surface area (Å²) in [6.45, 7) is 6.24. The first kappa shape index (κ1) is 10.4. The van der Waals surface area contributed by atoms with Crippen molar-refractivity contribution in [3.63, 3.8) is 0 Å². The molecule has 0 aromatic carbocycles. The van der Waals surface area contributed by atoms with Crippen molar-refractivity contribution in [2.24, 2.45) is 5.92 Å². The Morgan fingerprint density at radius 1 is 1.45 bits per heavy atom. The highest BCUT2D eigenvalue weighted by Gasteiger charge is 1.94. The van der Waals surface area contributed by atoms with E-state index in [0.717, 1.165) is 12.8 Å².